The fraction of sp³-hybridized carbons (Fsp3) is 0.353. The van der Waals surface area contributed by atoms with Crippen LogP contribution < -0.4 is 10.2 Å². The summed E-state index contributed by atoms with van der Waals surface area (Å²) in [7, 11) is 1.44. The average Bonchev–Trinajstić information content (AvgIpc) is 2.58. The molecule has 128 valence electrons. The number of hydrogen-bond acceptors (Lipinski definition) is 5. The van der Waals surface area contributed by atoms with Crippen LogP contribution in [0.2, 0.25) is 10.0 Å². The topological polar surface area (TPSA) is 51.9 Å². The van der Waals surface area contributed by atoms with Gasteiger partial charge in [0.15, 0.2) is 0 Å². The Balaban J connectivity index is 1.70. The van der Waals surface area contributed by atoms with E-state index < -0.39 is 0 Å². The first-order chi connectivity index (χ1) is 11.6. The molecule has 1 saturated heterocycles. The summed E-state index contributed by atoms with van der Waals surface area (Å²) in [4.78, 5) is 14.0. The van der Waals surface area contributed by atoms with Gasteiger partial charge in [-0.1, -0.05) is 29.3 Å². The van der Waals surface area contributed by atoms with Crippen LogP contribution >= 0.6 is 23.2 Å². The van der Waals surface area contributed by atoms with Gasteiger partial charge in [0.2, 0.25) is 11.2 Å². The first-order valence-electron chi connectivity index (χ1n) is 7.51. The summed E-state index contributed by atoms with van der Waals surface area (Å²) in [6.07, 6.45) is 1.24. The van der Waals surface area contributed by atoms with Gasteiger partial charge in [-0.3, -0.25) is 9.69 Å². The summed E-state index contributed by atoms with van der Waals surface area (Å²) in [5.74, 6) is 0.796. The minimum absolute atomic E-state index is 0.0986. The number of ether oxygens (including phenoxy) is 2. The molecule has 24 heavy (non-hydrogen) atoms. The van der Waals surface area contributed by atoms with Gasteiger partial charge in [-0.15, -0.1) is 0 Å². The SMILES string of the molecule is COc1coc(CN2CCO[C@@H](c3ccc(Cl)c(Cl)c3)C2)cc1=O. The summed E-state index contributed by atoms with van der Waals surface area (Å²) < 4.78 is 16.2. The Bertz CT molecular complexity index is 777. The smallest absolute Gasteiger partial charge is 0.227 e. The molecule has 0 amide bonds. The predicted molar refractivity (Wildman–Crippen MR) is 92.0 cm³/mol. The Morgan fingerprint density at radius 2 is 2.12 bits per heavy atom. The Labute approximate surface area is 149 Å². The number of halogens is 2. The van der Waals surface area contributed by atoms with Crippen molar-refractivity contribution in [3.63, 3.8) is 0 Å². The van der Waals surface area contributed by atoms with Gasteiger partial charge in [0, 0.05) is 19.2 Å². The normalized spacial score (nSPS) is 18.5. The van der Waals surface area contributed by atoms with Crippen molar-refractivity contribution in [3.8, 4) is 5.75 Å². The number of rotatable bonds is 4. The molecule has 0 spiro atoms. The van der Waals surface area contributed by atoms with Crippen LogP contribution in [0.5, 0.6) is 5.75 Å². The molecule has 1 aliphatic rings. The van der Waals surface area contributed by atoms with Crippen LogP contribution in [0, 0.1) is 0 Å². The maximum atomic E-state index is 11.8. The fourth-order valence-electron chi connectivity index (χ4n) is 2.65. The van der Waals surface area contributed by atoms with Gasteiger partial charge in [0.25, 0.3) is 0 Å². The zero-order chi connectivity index (χ0) is 17.1. The van der Waals surface area contributed by atoms with Crippen LogP contribution in [0.1, 0.15) is 17.4 Å². The van der Waals surface area contributed by atoms with Crippen molar-refractivity contribution >= 4 is 23.2 Å². The van der Waals surface area contributed by atoms with Gasteiger partial charge in [-0.2, -0.15) is 0 Å². The number of hydrogen-bond donors (Lipinski definition) is 0. The van der Waals surface area contributed by atoms with Gasteiger partial charge in [-0.05, 0) is 17.7 Å². The quantitative estimate of drug-likeness (QED) is 0.824. The second kappa shape index (κ2) is 7.57. The average molecular weight is 370 g/mol. The molecule has 1 aliphatic heterocycles. The molecule has 1 aromatic carbocycles. The molecule has 7 heteroatoms. The third-order valence-corrected chi connectivity index (χ3v) is 4.66. The molecule has 1 fully saturated rings. The van der Waals surface area contributed by atoms with Crippen LogP contribution in [0.25, 0.3) is 0 Å². The molecular formula is C17H17Cl2NO4. The standard InChI is InChI=1S/C17H17Cl2NO4/c1-22-17-10-24-12(7-15(17)21)8-20-4-5-23-16(9-20)11-2-3-13(18)14(19)6-11/h2-3,6-7,10,16H,4-5,8-9H2,1H3/t16-/m1/s1. The van der Waals surface area contributed by atoms with Crippen molar-refractivity contribution in [2.75, 3.05) is 26.8 Å². The van der Waals surface area contributed by atoms with Crippen molar-refractivity contribution in [1.29, 1.82) is 0 Å². The van der Waals surface area contributed by atoms with Crippen molar-refractivity contribution < 1.29 is 13.9 Å². The van der Waals surface area contributed by atoms with Crippen molar-refractivity contribution in [2.45, 2.75) is 12.6 Å². The largest absolute Gasteiger partial charge is 0.490 e. The molecule has 0 N–H and O–H groups in total. The summed E-state index contributed by atoms with van der Waals surface area (Å²) in [6.45, 7) is 2.55. The van der Waals surface area contributed by atoms with Crippen LogP contribution in [0.15, 0.2) is 39.7 Å². The number of nitrogens with zero attached hydrogens (tertiary/aromatic N) is 1. The molecule has 2 heterocycles. The van der Waals surface area contributed by atoms with Crippen LogP contribution in [-0.2, 0) is 11.3 Å². The third-order valence-electron chi connectivity index (χ3n) is 3.92. The van der Waals surface area contributed by atoms with Gasteiger partial charge in [0.1, 0.15) is 12.0 Å². The second-order valence-electron chi connectivity index (χ2n) is 5.55. The summed E-state index contributed by atoms with van der Waals surface area (Å²) >= 11 is 12.0. The number of methoxy groups -OCH3 is 1. The van der Waals surface area contributed by atoms with Gasteiger partial charge in [-0.25, -0.2) is 0 Å². The van der Waals surface area contributed by atoms with E-state index in [4.69, 9.17) is 37.1 Å². The van der Waals surface area contributed by atoms with E-state index in [0.717, 1.165) is 12.1 Å². The molecule has 0 saturated carbocycles. The highest BCUT2D eigenvalue weighted by molar-refractivity contribution is 6.42. The first kappa shape index (κ1) is 17.3. The molecule has 0 bridgehead atoms. The zero-order valence-electron chi connectivity index (χ0n) is 13.1. The number of benzene rings is 1. The Kier molecular flexibility index (Phi) is 5.46. The summed E-state index contributed by atoms with van der Waals surface area (Å²) in [5, 5.41) is 1.03. The lowest BCUT2D eigenvalue weighted by molar-refractivity contribution is -0.0348. The monoisotopic (exact) mass is 369 g/mol. The van der Waals surface area contributed by atoms with Crippen LogP contribution in [0.4, 0.5) is 0 Å². The fourth-order valence-corrected chi connectivity index (χ4v) is 2.96. The Morgan fingerprint density at radius 3 is 2.83 bits per heavy atom. The molecular weight excluding hydrogens is 353 g/mol. The highest BCUT2D eigenvalue weighted by Gasteiger charge is 2.23. The minimum atomic E-state index is -0.187. The van der Waals surface area contributed by atoms with Crippen molar-refractivity contribution in [1.82, 2.24) is 4.90 Å². The van der Waals surface area contributed by atoms with E-state index in [1.165, 1.54) is 19.4 Å². The number of morpholine rings is 1. The first-order valence-corrected chi connectivity index (χ1v) is 8.27. The second-order valence-corrected chi connectivity index (χ2v) is 6.36. The van der Waals surface area contributed by atoms with Crippen molar-refractivity contribution in [2.24, 2.45) is 0 Å². The Hall–Kier alpha value is -1.53. The molecule has 1 aromatic heterocycles. The van der Waals surface area contributed by atoms with Crippen LogP contribution in [-0.4, -0.2) is 31.7 Å². The lowest BCUT2D eigenvalue weighted by Crippen LogP contribution is -2.37. The molecule has 0 unspecified atom stereocenters. The van der Waals surface area contributed by atoms with E-state index >= 15 is 0 Å². The predicted octanol–water partition coefficient (Wildman–Crippen LogP) is 3.53. The van der Waals surface area contributed by atoms with Gasteiger partial charge in [0.05, 0.1) is 36.4 Å². The molecule has 5 nitrogen and oxygen atoms in total. The molecule has 0 aliphatic carbocycles. The molecule has 0 radical (unpaired) electrons. The highest BCUT2D eigenvalue weighted by Crippen LogP contribution is 2.29. The maximum absolute atomic E-state index is 11.8. The summed E-state index contributed by atoms with van der Waals surface area (Å²) in [5.41, 5.74) is 0.790. The van der Waals surface area contributed by atoms with E-state index in [-0.39, 0.29) is 17.3 Å². The van der Waals surface area contributed by atoms with Crippen LogP contribution in [0.3, 0.4) is 0 Å². The lowest BCUT2D eigenvalue weighted by Gasteiger charge is -2.32. The Morgan fingerprint density at radius 1 is 1.29 bits per heavy atom. The molecule has 3 rings (SSSR count). The molecule has 1 atom stereocenters. The van der Waals surface area contributed by atoms with Gasteiger partial charge >= 0.3 is 0 Å². The van der Waals surface area contributed by atoms with E-state index in [0.29, 0.717) is 35.5 Å². The maximum Gasteiger partial charge on any atom is 0.227 e. The van der Waals surface area contributed by atoms with Gasteiger partial charge < -0.3 is 13.9 Å². The minimum Gasteiger partial charge on any atom is -0.490 e. The van der Waals surface area contributed by atoms with Crippen molar-refractivity contribution in [3.05, 3.63) is 62.1 Å². The zero-order valence-corrected chi connectivity index (χ0v) is 14.6. The molecule has 2 aromatic rings. The van der Waals surface area contributed by atoms with E-state index in [9.17, 15) is 4.79 Å². The highest BCUT2D eigenvalue weighted by atomic mass is 35.5. The van der Waals surface area contributed by atoms with E-state index in [1.807, 2.05) is 12.1 Å². The lowest BCUT2D eigenvalue weighted by atomic mass is 10.1. The third kappa shape index (κ3) is 3.92. The summed E-state index contributed by atoms with van der Waals surface area (Å²) in [6, 6.07) is 6.97. The van der Waals surface area contributed by atoms with E-state index in [1.54, 1.807) is 6.07 Å². The van der Waals surface area contributed by atoms with E-state index in [2.05, 4.69) is 4.90 Å².